The number of amides is 1. The Morgan fingerprint density at radius 1 is 1.07 bits per heavy atom. The summed E-state index contributed by atoms with van der Waals surface area (Å²) in [6.07, 6.45) is 8.59. The molecule has 1 amide bonds. The summed E-state index contributed by atoms with van der Waals surface area (Å²) in [5.41, 5.74) is 0.829. The molecule has 27 heavy (non-hydrogen) atoms. The quantitative estimate of drug-likeness (QED) is 0.701. The Bertz CT molecular complexity index is 613. The molecule has 0 unspecified atom stereocenters. The van der Waals surface area contributed by atoms with Crippen LogP contribution in [0.3, 0.4) is 0 Å². The van der Waals surface area contributed by atoms with E-state index in [9.17, 15) is 4.79 Å². The summed E-state index contributed by atoms with van der Waals surface area (Å²) in [7, 11) is 0. The normalized spacial score (nSPS) is 20.0. The van der Waals surface area contributed by atoms with Gasteiger partial charge in [-0.15, -0.1) is 11.8 Å². The highest BCUT2D eigenvalue weighted by Gasteiger charge is 2.32. The number of hydrogen-bond acceptors (Lipinski definition) is 5. The molecule has 0 bridgehead atoms. The molecule has 0 saturated carbocycles. The van der Waals surface area contributed by atoms with E-state index >= 15 is 0 Å². The molecule has 3 rings (SSSR count). The van der Waals surface area contributed by atoms with E-state index in [2.05, 4.69) is 28.3 Å². The maximum absolute atomic E-state index is 12.2. The molecule has 0 atom stereocenters. The summed E-state index contributed by atoms with van der Waals surface area (Å²) in [5.74, 6) is 1.52. The van der Waals surface area contributed by atoms with Crippen molar-refractivity contribution in [3.05, 3.63) is 18.3 Å². The van der Waals surface area contributed by atoms with Gasteiger partial charge >= 0.3 is 6.09 Å². The van der Waals surface area contributed by atoms with Gasteiger partial charge in [0.15, 0.2) is 0 Å². The van der Waals surface area contributed by atoms with Crippen LogP contribution in [0.2, 0.25) is 0 Å². The van der Waals surface area contributed by atoms with Crippen LogP contribution < -0.4 is 4.90 Å². The van der Waals surface area contributed by atoms with Crippen LogP contribution in [0.4, 0.5) is 10.5 Å². The van der Waals surface area contributed by atoms with E-state index in [0.29, 0.717) is 0 Å². The third-order valence-corrected chi connectivity index (χ3v) is 6.35. The van der Waals surface area contributed by atoms with Crippen LogP contribution in [0.1, 0.15) is 46.5 Å². The largest absolute Gasteiger partial charge is 0.444 e. The first-order valence-electron chi connectivity index (χ1n) is 10.1. The Kier molecular flexibility index (Phi) is 6.56. The smallest absolute Gasteiger partial charge is 0.410 e. The van der Waals surface area contributed by atoms with Gasteiger partial charge in [-0.1, -0.05) is 0 Å². The molecule has 0 aliphatic carbocycles. The van der Waals surface area contributed by atoms with Crippen LogP contribution in [-0.4, -0.2) is 54.0 Å². The number of pyridine rings is 1. The predicted molar refractivity (Wildman–Crippen MR) is 111 cm³/mol. The molecule has 0 aromatic carbocycles. The second kappa shape index (κ2) is 8.72. The van der Waals surface area contributed by atoms with E-state index in [1.807, 2.05) is 31.9 Å². The lowest BCUT2D eigenvalue weighted by Crippen LogP contribution is -2.44. The number of piperidine rings is 2. The van der Waals surface area contributed by atoms with Gasteiger partial charge in [0.25, 0.3) is 0 Å². The third-order valence-electron chi connectivity index (χ3n) is 5.69. The summed E-state index contributed by atoms with van der Waals surface area (Å²) in [6, 6.07) is 4.30. The molecular weight excluding hydrogens is 358 g/mol. The van der Waals surface area contributed by atoms with Crippen LogP contribution in [0, 0.1) is 11.8 Å². The lowest BCUT2D eigenvalue weighted by atomic mass is 9.79. The van der Waals surface area contributed by atoms with Crippen molar-refractivity contribution < 1.29 is 9.53 Å². The van der Waals surface area contributed by atoms with E-state index in [-0.39, 0.29) is 6.09 Å². The average molecular weight is 392 g/mol. The predicted octanol–water partition coefficient (Wildman–Crippen LogP) is 4.67. The van der Waals surface area contributed by atoms with Gasteiger partial charge in [0.05, 0.1) is 16.9 Å². The lowest BCUT2D eigenvalue weighted by Gasteiger charge is -2.41. The molecule has 1 aromatic heterocycles. The summed E-state index contributed by atoms with van der Waals surface area (Å²) in [4.78, 5) is 21.1. The Hall–Kier alpha value is -1.43. The molecule has 150 valence electrons. The molecule has 6 heteroatoms. The number of anilines is 1. The summed E-state index contributed by atoms with van der Waals surface area (Å²) >= 11 is 1.68. The average Bonchev–Trinajstić information content (AvgIpc) is 2.67. The minimum atomic E-state index is -0.413. The molecule has 2 saturated heterocycles. The van der Waals surface area contributed by atoms with E-state index in [1.165, 1.54) is 18.5 Å². The van der Waals surface area contributed by atoms with Crippen LogP contribution >= 0.6 is 11.8 Å². The topological polar surface area (TPSA) is 45.7 Å². The molecule has 0 N–H and O–H groups in total. The van der Waals surface area contributed by atoms with Crippen molar-refractivity contribution in [2.45, 2.75) is 57.1 Å². The number of ether oxygens (including phenoxy) is 1. The molecule has 1 aromatic rings. The Labute approximate surface area is 167 Å². The van der Waals surface area contributed by atoms with Gasteiger partial charge in [-0.05, 0) is 76.7 Å². The highest BCUT2D eigenvalue weighted by molar-refractivity contribution is 7.98. The van der Waals surface area contributed by atoms with E-state index < -0.39 is 5.60 Å². The SMILES string of the molecule is CSc1ccc(N2CCC(C3CCN(C(=O)OC(C)(C)C)CC3)CC2)cn1. The first-order valence-corrected chi connectivity index (χ1v) is 11.3. The number of carbonyl (C=O) groups excluding carboxylic acids is 1. The van der Waals surface area contributed by atoms with Gasteiger partial charge in [-0.3, -0.25) is 0 Å². The van der Waals surface area contributed by atoms with Gasteiger partial charge in [-0.2, -0.15) is 0 Å². The Balaban J connectivity index is 1.44. The van der Waals surface area contributed by atoms with Crippen molar-refractivity contribution in [1.82, 2.24) is 9.88 Å². The third kappa shape index (κ3) is 5.53. The molecule has 2 fully saturated rings. The van der Waals surface area contributed by atoms with Crippen molar-refractivity contribution >= 4 is 23.5 Å². The molecule has 2 aliphatic rings. The number of rotatable bonds is 3. The number of likely N-dealkylation sites (tertiary alicyclic amines) is 1. The van der Waals surface area contributed by atoms with Gasteiger partial charge in [-0.25, -0.2) is 9.78 Å². The van der Waals surface area contributed by atoms with Gasteiger partial charge in [0.2, 0.25) is 0 Å². The molecule has 2 aliphatic heterocycles. The zero-order valence-electron chi connectivity index (χ0n) is 17.1. The Morgan fingerprint density at radius 3 is 2.15 bits per heavy atom. The lowest BCUT2D eigenvalue weighted by molar-refractivity contribution is 0.0152. The highest BCUT2D eigenvalue weighted by Crippen LogP contribution is 2.34. The van der Waals surface area contributed by atoms with Crippen LogP contribution in [-0.2, 0) is 4.74 Å². The first kappa shape index (κ1) is 20.3. The number of thioether (sulfide) groups is 1. The maximum Gasteiger partial charge on any atom is 0.410 e. The number of aromatic nitrogens is 1. The van der Waals surface area contributed by atoms with Crippen LogP contribution in [0.5, 0.6) is 0 Å². The zero-order chi connectivity index (χ0) is 19.4. The van der Waals surface area contributed by atoms with Gasteiger partial charge in [0.1, 0.15) is 5.60 Å². The standard InChI is InChI=1S/C21H33N3O2S/c1-21(2,3)26-20(25)24-13-9-17(10-14-24)16-7-11-23(12-8-16)18-5-6-19(27-4)22-15-18/h5-6,15-17H,7-14H2,1-4H3. The fourth-order valence-corrected chi connectivity index (χ4v) is 4.55. The fourth-order valence-electron chi connectivity index (χ4n) is 4.19. The Morgan fingerprint density at radius 2 is 1.67 bits per heavy atom. The van der Waals surface area contributed by atoms with Gasteiger partial charge < -0.3 is 14.5 Å². The molecule has 0 radical (unpaired) electrons. The highest BCUT2D eigenvalue weighted by atomic mass is 32.2. The minimum absolute atomic E-state index is 0.156. The molecular formula is C21H33N3O2S. The van der Waals surface area contributed by atoms with Crippen molar-refractivity contribution in [2.24, 2.45) is 11.8 Å². The summed E-state index contributed by atoms with van der Waals surface area (Å²) < 4.78 is 5.51. The number of carbonyl (C=O) groups is 1. The van der Waals surface area contributed by atoms with Gasteiger partial charge in [0, 0.05) is 26.2 Å². The fraction of sp³-hybridized carbons (Fsp3) is 0.714. The first-order chi connectivity index (χ1) is 12.9. The van der Waals surface area contributed by atoms with E-state index in [4.69, 9.17) is 4.74 Å². The second-order valence-electron chi connectivity index (χ2n) is 8.69. The van der Waals surface area contributed by atoms with Crippen LogP contribution in [0.15, 0.2) is 23.4 Å². The molecule has 5 nitrogen and oxygen atoms in total. The van der Waals surface area contributed by atoms with Crippen molar-refractivity contribution in [3.63, 3.8) is 0 Å². The number of nitrogens with zero attached hydrogens (tertiary/aromatic N) is 3. The number of hydrogen-bond donors (Lipinski definition) is 0. The summed E-state index contributed by atoms with van der Waals surface area (Å²) in [5, 5.41) is 1.07. The van der Waals surface area contributed by atoms with E-state index in [0.717, 1.165) is 55.9 Å². The molecule has 3 heterocycles. The van der Waals surface area contributed by atoms with Crippen molar-refractivity contribution in [1.29, 1.82) is 0 Å². The second-order valence-corrected chi connectivity index (χ2v) is 9.51. The van der Waals surface area contributed by atoms with Crippen molar-refractivity contribution in [2.75, 3.05) is 37.3 Å². The molecule has 0 spiro atoms. The maximum atomic E-state index is 12.2. The summed E-state index contributed by atoms with van der Waals surface area (Å²) in [6.45, 7) is 9.66. The minimum Gasteiger partial charge on any atom is -0.444 e. The van der Waals surface area contributed by atoms with E-state index in [1.54, 1.807) is 11.8 Å². The van der Waals surface area contributed by atoms with Crippen LogP contribution in [0.25, 0.3) is 0 Å². The monoisotopic (exact) mass is 391 g/mol. The van der Waals surface area contributed by atoms with Crippen molar-refractivity contribution in [3.8, 4) is 0 Å². The zero-order valence-corrected chi connectivity index (χ0v) is 17.9.